The third-order valence-electron chi connectivity index (χ3n) is 6.57. The number of anilines is 1. The van der Waals surface area contributed by atoms with Gasteiger partial charge in [-0.3, -0.25) is 4.79 Å². The first-order chi connectivity index (χ1) is 13.1. The summed E-state index contributed by atoms with van der Waals surface area (Å²) < 4.78 is 5.94. The number of carbonyl (C=O) groups is 1. The number of benzene rings is 1. The lowest BCUT2D eigenvalue weighted by molar-refractivity contribution is -0.137. The molecule has 27 heavy (non-hydrogen) atoms. The summed E-state index contributed by atoms with van der Waals surface area (Å²) in [6.07, 6.45) is 8.91. The van der Waals surface area contributed by atoms with Gasteiger partial charge in [0, 0.05) is 42.7 Å². The van der Waals surface area contributed by atoms with Crippen molar-refractivity contribution < 1.29 is 9.21 Å². The molecule has 5 nitrogen and oxygen atoms in total. The lowest BCUT2D eigenvalue weighted by atomic mass is 9.92. The Labute approximate surface area is 164 Å². The maximum Gasteiger partial charge on any atom is 0.298 e. The van der Waals surface area contributed by atoms with Gasteiger partial charge in [-0.25, -0.2) is 0 Å². The maximum absolute atomic E-state index is 13.0. The molecule has 1 amide bonds. The van der Waals surface area contributed by atoms with Gasteiger partial charge >= 0.3 is 0 Å². The van der Waals surface area contributed by atoms with E-state index in [2.05, 4.69) is 14.8 Å². The number of hydrogen-bond acceptors (Lipinski definition) is 4. The van der Waals surface area contributed by atoms with Crippen molar-refractivity contribution in [1.29, 1.82) is 0 Å². The molecule has 1 atom stereocenters. The Morgan fingerprint density at radius 3 is 2.96 bits per heavy atom. The van der Waals surface area contributed by atoms with Crippen molar-refractivity contribution in [3.05, 3.63) is 23.2 Å². The zero-order chi connectivity index (χ0) is 18.4. The van der Waals surface area contributed by atoms with E-state index in [1.807, 2.05) is 18.2 Å². The van der Waals surface area contributed by atoms with E-state index >= 15 is 0 Å². The first-order valence-corrected chi connectivity index (χ1v) is 10.6. The number of carbonyl (C=O) groups excluding carboxylic acids is 1. The largest absolute Gasteiger partial charge is 0.423 e. The standard InChI is InChI=1S/C21H26ClN3O2/c22-16-5-6-17-18(13-16)27-20(23-17)24-10-3-4-15(14-24)12-19(26)25-11-2-1-7-21(25)8-9-21/h5-6,13,15H,1-4,7-12,14H2. The van der Waals surface area contributed by atoms with E-state index < -0.39 is 0 Å². The molecule has 1 unspecified atom stereocenters. The molecule has 6 heteroatoms. The fraction of sp³-hybridized carbons (Fsp3) is 0.619. The van der Waals surface area contributed by atoms with Crippen molar-refractivity contribution in [1.82, 2.24) is 9.88 Å². The average Bonchev–Trinajstić information content (AvgIpc) is 3.29. The van der Waals surface area contributed by atoms with Crippen LogP contribution in [0.5, 0.6) is 0 Å². The van der Waals surface area contributed by atoms with Crippen LogP contribution in [-0.2, 0) is 4.79 Å². The van der Waals surface area contributed by atoms with Gasteiger partial charge < -0.3 is 14.2 Å². The van der Waals surface area contributed by atoms with Gasteiger partial charge in [-0.1, -0.05) is 11.6 Å². The number of amides is 1. The zero-order valence-corrected chi connectivity index (χ0v) is 16.4. The highest BCUT2D eigenvalue weighted by atomic mass is 35.5. The van der Waals surface area contributed by atoms with Crippen molar-refractivity contribution in [2.24, 2.45) is 5.92 Å². The minimum atomic E-state index is 0.239. The summed E-state index contributed by atoms with van der Waals surface area (Å²) in [4.78, 5) is 22.0. The maximum atomic E-state index is 13.0. The van der Waals surface area contributed by atoms with Crippen LogP contribution in [0, 0.1) is 5.92 Å². The highest BCUT2D eigenvalue weighted by Gasteiger charge is 2.50. The topological polar surface area (TPSA) is 49.6 Å². The van der Waals surface area contributed by atoms with Gasteiger partial charge in [-0.2, -0.15) is 4.98 Å². The van der Waals surface area contributed by atoms with Gasteiger partial charge in [0.1, 0.15) is 5.52 Å². The highest BCUT2D eigenvalue weighted by Crippen LogP contribution is 2.48. The van der Waals surface area contributed by atoms with Crippen LogP contribution in [0.15, 0.2) is 22.6 Å². The molecule has 1 spiro atoms. The molecule has 3 fully saturated rings. The van der Waals surface area contributed by atoms with E-state index in [1.165, 1.54) is 25.7 Å². The van der Waals surface area contributed by atoms with Crippen molar-refractivity contribution >= 4 is 34.6 Å². The molecule has 1 aliphatic carbocycles. The van der Waals surface area contributed by atoms with Gasteiger partial charge in [0.05, 0.1) is 0 Å². The van der Waals surface area contributed by atoms with Gasteiger partial charge in [-0.05, 0) is 63.0 Å². The van der Waals surface area contributed by atoms with E-state index in [0.29, 0.717) is 29.3 Å². The Bertz CT molecular complexity index is 860. The molecule has 0 bridgehead atoms. The van der Waals surface area contributed by atoms with Gasteiger partial charge in [0.2, 0.25) is 5.91 Å². The van der Waals surface area contributed by atoms with Gasteiger partial charge in [0.15, 0.2) is 5.58 Å². The molecule has 1 aromatic heterocycles. The lowest BCUT2D eigenvalue weighted by Gasteiger charge is -2.38. The number of nitrogens with zero attached hydrogens (tertiary/aromatic N) is 3. The van der Waals surface area contributed by atoms with Crippen molar-refractivity contribution in [3.63, 3.8) is 0 Å². The fourth-order valence-electron chi connectivity index (χ4n) is 4.93. The Morgan fingerprint density at radius 1 is 1.22 bits per heavy atom. The van der Waals surface area contributed by atoms with Crippen molar-refractivity contribution in [2.45, 2.75) is 56.9 Å². The molecule has 3 heterocycles. The first kappa shape index (κ1) is 17.4. The molecular weight excluding hydrogens is 362 g/mol. The van der Waals surface area contributed by atoms with E-state index in [9.17, 15) is 4.79 Å². The summed E-state index contributed by atoms with van der Waals surface area (Å²) in [5, 5.41) is 0.655. The number of halogens is 1. The van der Waals surface area contributed by atoms with E-state index in [0.717, 1.165) is 50.0 Å². The monoisotopic (exact) mass is 387 g/mol. The number of likely N-dealkylation sites (tertiary alicyclic amines) is 1. The van der Waals surface area contributed by atoms with Crippen LogP contribution in [0.3, 0.4) is 0 Å². The normalized spacial score (nSPS) is 24.6. The highest BCUT2D eigenvalue weighted by molar-refractivity contribution is 6.31. The number of piperidine rings is 2. The third-order valence-corrected chi connectivity index (χ3v) is 6.80. The Balaban J connectivity index is 1.27. The Kier molecular flexibility index (Phi) is 4.30. The summed E-state index contributed by atoms with van der Waals surface area (Å²) in [6, 6.07) is 6.19. The second-order valence-corrected chi connectivity index (χ2v) is 8.93. The number of rotatable bonds is 3. The van der Waals surface area contributed by atoms with Crippen LogP contribution in [0.25, 0.3) is 11.1 Å². The number of oxazole rings is 1. The van der Waals surface area contributed by atoms with Gasteiger partial charge in [0.25, 0.3) is 6.01 Å². The minimum absolute atomic E-state index is 0.239. The molecule has 1 saturated carbocycles. The quantitative estimate of drug-likeness (QED) is 0.770. The average molecular weight is 388 g/mol. The van der Waals surface area contributed by atoms with E-state index in [1.54, 1.807) is 0 Å². The molecule has 2 saturated heterocycles. The van der Waals surface area contributed by atoms with Crippen LogP contribution in [-0.4, -0.2) is 41.0 Å². The number of aromatic nitrogens is 1. The summed E-state index contributed by atoms with van der Waals surface area (Å²) in [5.74, 6) is 0.742. The summed E-state index contributed by atoms with van der Waals surface area (Å²) in [5.41, 5.74) is 1.79. The first-order valence-electron chi connectivity index (χ1n) is 10.2. The molecule has 1 aromatic carbocycles. The molecule has 0 N–H and O–H groups in total. The predicted molar refractivity (Wildman–Crippen MR) is 106 cm³/mol. The zero-order valence-electron chi connectivity index (χ0n) is 15.6. The van der Waals surface area contributed by atoms with Crippen LogP contribution >= 0.6 is 11.6 Å². The van der Waals surface area contributed by atoms with Crippen molar-refractivity contribution in [2.75, 3.05) is 24.5 Å². The van der Waals surface area contributed by atoms with Crippen LogP contribution < -0.4 is 4.90 Å². The van der Waals surface area contributed by atoms with Crippen LogP contribution in [0.4, 0.5) is 6.01 Å². The van der Waals surface area contributed by atoms with E-state index in [4.69, 9.17) is 16.0 Å². The Morgan fingerprint density at radius 2 is 2.11 bits per heavy atom. The summed E-state index contributed by atoms with van der Waals surface area (Å²) in [6.45, 7) is 2.73. The molecule has 2 aliphatic heterocycles. The molecule has 2 aromatic rings. The number of fused-ring (bicyclic) bond motifs is 1. The summed E-state index contributed by atoms with van der Waals surface area (Å²) >= 11 is 6.05. The summed E-state index contributed by atoms with van der Waals surface area (Å²) in [7, 11) is 0. The van der Waals surface area contributed by atoms with Gasteiger partial charge in [-0.15, -0.1) is 0 Å². The minimum Gasteiger partial charge on any atom is -0.423 e. The smallest absolute Gasteiger partial charge is 0.298 e. The van der Waals surface area contributed by atoms with Crippen LogP contribution in [0.2, 0.25) is 5.02 Å². The molecule has 144 valence electrons. The Hall–Kier alpha value is -1.75. The molecule has 0 radical (unpaired) electrons. The molecular formula is C21H26ClN3O2. The SMILES string of the molecule is O=C(CC1CCCN(c2nc3ccc(Cl)cc3o2)C1)N1CCCCC12CC2. The third kappa shape index (κ3) is 3.31. The lowest BCUT2D eigenvalue weighted by Crippen LogP contribution is -2.47. The van der Waals surface area contributed by atoms with E-state index in [-0.39, 0.29) is 5.54 Å². The predicted octanol–water partition coefficient (Wildman–Crippen LogP) is 4.63. The molecule has 3 aliphatic rings. The number of hydrogen-bond donors (Lipinski definition) is 0. The fourth-order valence-corrected chi connectivity index (χ4v) is 5.10. The second-order valence-electron chi connectivity index (χ2n) is 8.49. The second kappa shape index (κ2) is 6.69. The van der Waals surface area contributed by atoms with Crippen molar-refractivity contribution in [3.8, 4) is 0 Å². The molecule has 5 rings (SSSR count). The van der Waals surface area contributed by atoms with Crippen LogP contribution in [0.1, 0.15) is 51.4 Å².